The summed E-state index contributed by atoms with van der Waals surface area (Å²) in [6.07, 6.45) is 1.47. The topological polar surface area (TPSA) is 150 Å². The number of H-pyrrole nitrogens is 1. The molecule has 0 radical (unpaired) electrons. The van der Waals surface area contributed by atoms with Gasteiger partial charge in [0.2, 0.25) is 5.16 Å². The van der Waals surface area contributed by atoms with Gasteiger partial charge in [-0.2, -0.15) is 0 Å². The van der Waals surface area contributed by atoms with Crippen molar-refractivity contribution in [2.45, 2.75) is 11.8 Å². The molecule has 0 aliphatic rings. The summed E-state index contributed by atoms with van der Waals surface area (Å²) in [6.45, 7) is 0.129. The summed E-state index contributed by atoms with van der Waals surface area (Å²) in [7, 11) is 3.08. The highest BCUT2D eigenvalue weighted by atomic mass is 79.9. The molecule has 0 aliphatic carbocycles. The molecule has 200 valence electrons. The van der Waals surface area contributed by atoms with Crippen molar-refractivity contribution in [2.24, 2.45) is 0 Å². The van der Waals surface area contributed by atoms with Crippen LogP contribution >= 0.6 is 27.7 Å². The van der Waals surface area contributed by atoms with Crippen molar-refractivity contribution in [3.05, 3.63) is 91.3 Å². The van der Waals surface area contributed by atoms with E-state index in [2.05, 4.69) is 31.1 Å². The quantitative estimate of drug-likeness (QED) is 0.0898. The molecule has 1 aromatic heterocycles. The smallest absolute Gasteiger partial charge is 0.342 e. The van der Waals surface area contributed by atoms with Crippen LogP contribution in [0.25, 0.3) is 17.5 Å². The summed E-state index contributed by atoms with van der Waals surface area (Å²) >= 11 is 4.28. The Morgan fingerprint density at radius 2 is 1.79 bits per heavy atom. The highest BCUT2D eigenvalue weighted by Crippen LogP contribution is 2.33. The normalized spacial score (nSPS) is 11.2. The molecular formula is C26H21BrN4O7S. The zero-order chi connectivity index (χ0) is 27.9. The second kappa shape index (κ2) is 12.5. The number of ether oxygens (including phenoxy) is 3. The molecule has 4 rings (SSSR count). The maximum Gasteiger partial charge on any atom is 0.342 e. The summed E-state index contributed by atoms with van der Waals surface area (Å²) in [5.41, 5.74) is 1.85. The van der Waals surface area contributed by atoms with Crippen LogP contribution in [-0.2, 0) is 11.4 Å². The Labute approximate surface area is 235 Å². The number of nitrogens with zero attached hydrogens (tertiary/aromatic N) is 3. The molecule has 0 saturated heterocycles. The predicted molar refractivity (Wildman–Crippen MR) is 148 cm³/mol. The number of hydrogen-bond donors (Lipinski definition) is 2. The molecule has 0 fully saturated rings. The van der Waals surface area contributed by atoms with Crippen LogP contribution < -0.4 is 14.2 Å². The van der Waals surface area contributed by atoms with Crippen molar-refractivity contribution in [1.82, 2.24) is 15.2 Å². The van der Waals surface area contributed by atoms with Gasteiger partial charge in [-0.15, -0.1) is 5.10 Å². The molecule has 39 heavy (non-hydrogen) atoms. The zero-order valence-electron chi connectivity index (χ0n) is 20.6. The third-order valence-electron chi connectivity index (χ3n) is 5.30. The van der Waals surface area contributed by atoms with Gasteiger partial charge in [-0.1, -0.05) is 15.9 Å². The molecule has 0 unspecified atom stereocenters. The highest BCUT2D eigenvalue weighted by Gasteiger charge is 2.17. The van der Waals surface area contributed by atoms with Gasteiger partial charge in [-0.3, -0.25) is 15.2 Å². The summed E-state index contributed by atoms with van der Waals surface area (Å²) in [4.78, 5) is 26.9. The lowest BCUT2D eigenvalue weighted by atomic mass is 10.2. The number of carbonyl (C=O) groups is 1. The standard InChI is InChI=1S/C26H21BrN4O7S/c1-36-20-10-17(11-21(13-20)37-2)24-28-26(30-29-24)39-23(25(32)33)12-16-9-18(27)5-8-22(16)38-14-15-3-6-19(7-4-15)31(34)35/h3-13H,14H2,1-2H3,(H,32,33)(H,28,29,30)/b23-12-. The van der Waals surface area contributed by atoms with Gasteiger partial charge in [0.1, 0.15) is 28.8 Å². The van der Waals surface area contributed by atoms with Crippen LogP contribution in [0.3, 0.4) is 0 Å². The van der Waals surface area contributed by atoms with Gasteiger partial charge in [-0.05, 0) is 65.9 Å². The molecule has 3 aromatic carbocycles. The molecule has 0 atom stereocenters. The first-order valence-corrected chi connectivity index (χ1v) is 12.8. The number of nitro groups is 1. The third kappa shape index (κ3) is 7.15. The molecular weight excluding hydrogens is 592 g/mol. The van der Waals surface area contributed by atoms with Crippen LogP contribution in [0.2, 0.25) is 0 Å². The minimum absolute atomic E-state index is 0.0187. The van der Waals surface area contributed by atoms with E-state index in [1.807, 2.05) is 0 Å². The summed E-state index contributed by atoms with van der Waals surface area (Å²) in [5.74, 6) is 0.800. The van der Waals surface area contributed by atoms with Gasteiger partial charge in [-0.25, -0.2) is 9.78 Å². The van der Waals surface area contributed by atoms with Crippen molar-refractivity contribution >= 4 is 45.4 Å². The van der Waals surface area contributed by atoms with E-state index in [1.165, 1.54) is 32.4 Å². The van der Waals surface area contributed by atoms with E-state index < -0.39 is 10.9 Å². The summed E-state index contributed by atoms with van der Waals surface area (Å²) < 4.78 is 17.2. The van der Waals surface area contributed by atoms with Gasteiger partial charge in [0, 0.05) is 33.8 Å². The minimum Gasteiger partial charge on any atom is -0.497 e. The summed E-state index contributed by atoms with van der Waals surface area (Å²) in [5, 5.41) is 27.9. The zero-order valence-corrected chi connectivity index (χ0v) is 23.0. The van der Waals surface area contributed by atoms with E-state index in [0.717, 1.165) is 16.2 Å². The number of hydrogen-bond acceptors (Lipinski definition) is 9. The molecule has 0 bridgehead atoms. The maximum absolute atomic E-state index is 12.1. The van der Waals surface area contributed by atoms with Crippen LogP contribution in [0.1, 0.15) is 11.1 Å². The number of carboxylic acids is 1. The first kappa shape index (κ1) is 27.7. The molecule has 1 heterocycles. The van der Waals surface area contributed by atoms with Crippen LogP contribution in [-0.4, -0.2) is 45.4 Å². The second-order valence-electron chi connectivity index (χ2n) is 7.88. The molecule has 2 N–H and O–H groups in total. The van der Waals surface area contributed by atoms with Crippen molar-refractivity contribution in [3.63, 3.8) is 0 Å². The van der Waals surface area contributed by atoms with Gasteiger partial charge in [0.15, 0.2) is 5.82 Å². The predicted octanol–water partition coefficient (Wildman–Crippen LogP) is 5.96. The van der Waals surface area contributed by atoms with Gasteiger partial charge in [0.25, 0.3) is 5.69 Å². The number of halogens is 1. The van der Waals surface area contributed by atoms with Gasteiger partial charge in [0.05, 0.1) is 19.1 Å². The van der Waals surface area contributed by atoms with E-state index >= 15 is 0 Å². The fourth-order valence-electron chi connectivity index (χ4n) is 3.38. The molecule has 0 amide bonds. The first-order valence-electron chi connectivity index (χ1n) is 11.2. The number of thioether (sulfide) groups is 1. The molecule has 0 saturated carbocycles. The first-order chi connectivity index (χ1) is 18.7. The van der Waals surface area contributed by atoms with E-state index in [-0.39, 0.29) is 22.4 Å². The van der Waals surface area contributed by atoms with Gasteiger partial charge < -0.3 is 19.3 Å². The Balaban J connectivity index is 1.57. The fourth-order valence-corrected chi connectivity index (χ4v) is 4.46. The van der Waals surface area contributed by atoms with E-state index in [0.29, 0.717) is 39.8 Å². The minimum atomic E-state index is -1.17. The number of benzene rings is 3. The number of aromatic nitrogens is 3. The van der Waals surface area contributed by atoms with Crippen molar-refractivity contribution in [1.29, 1.82) is 0 Å². The number of aliphatic carboxylic acids is 1. The highest BCUT2D eigenvalue weighted by molar-refractivity contribution is 9.10. The van der Waals surface area contributed by atoms with E-state index in [9.17, 15) is 20.0 Å². The lowest BCUT2D eigenvalue weighted by molar-refractivity contribution is -0.384. The number of rotatable bonds is 11. The monoisotopic (exact) mass is 612 g/mol. The Morgan fingerprint density at radius 3 is 2.41 bits per heavy atom. The SMILES string of the molecule is COc1cc(OC)cc(-c2nc(S/C(=C\c3cc(Br)ccc3OCc3ccc([N+](=O)[O-])cc3)C(=O)O)n[nH]2)c1. The lowest BCUT2D eigenvalue weighted by Crippen LogP contribution is -2.00. The number of nitrogens with one attached hydrogen (secondary N) is 1. The Morgan fingerprint density at radius 1 is 1.10 bits per heavy atom. The van der Waals surface area contributed by atoms with Crippen LogP contribution in [0.5, 0.6) is 17.2 Å². The van der Waals surface area contributed by atoms with E-state index in [1.54, 1.807) is 48.5 Å². The lowest BCUT2D eigenvalue weighted by Gasteiger charge is -2.11. The Kier molecular flexibility index (Phi) is 8.84. The fraction of sp³-hybridized carbons (Fsp3) is 0.115. The molecule has 11 nitrogen and oxygen atoms in total. The number of non-ortho nitro benzene ring substituents is 1. The molecule has 0 aliphatic heterocycles. The average Bonchev–Trinajstić information content (AvgIpc) is 3.40. The van der Waals surface area contributed by atoms with E-state index in [4.69, 9.17) is 14.2 Å². The molecule has 4 aromatic rings. The number of nitro benzene ring substituents is 1. The number of methoxy groups -OCH3 is 2. The third-order valence-corrected chi connectivity index (χ3v) is 6.67. The molecule has 0 spiro atoms. The Bertz CT molecular complexity index is 1520. The molecule has 13 heteroatoms. The van der Waals surface area contributed by atoms with Crippen molar-refractivity contribution in [2.75, 3.05) is 14.2 Å². The van der Waals surface area contributed by atoms with Crippen LogP contribution in [0, 0.1) is 10.1 Å². The maximum atomic E-state index is 12.1. The van der Waals surface area contributed by atoms with Crippen LogP contribution in [0.15, 0.2) is 75.2 Å². The van der Waals surface area contributed by atoms with Crippen LogP contribution in [0.4, 0.5) is 5.69 Å². The number of carboxylic acid groups (broad SMARTS) is 1. The largest absolute Gasteiger partial charge is 0.497 e. The summed E-state index contributed by atoms with van der Waals surface area (Å²) in [6, 6.07) is 16.4. The number of aromatic amines is 1. The second-order valence-corrected chi connectivity index (χ2v) is 9.80. The van der Waals surface area contributed by atoms with Gasteiger partial charge >= 0.3 is 5.97 Å². The van der Waals surface area contributed by atoms with Crippen molar-refractivity contribution in [3.8, 4) is 28.6 Å². The Hall–Kier alpha value is -4.36. The average molecular weight is 613 g/mol. The van der Waals surface area contributed by atoms with Crippen molar-refractivity contribution < 1.29 is 29.0 Å².